The normalized spacial score (nSPS) is 21.6. The highest BCUT2D eigenvalue weighted by atomic mass is 127. The second kappa shape index (κ2) is 6.92. The van der Waals surface area contributed by atoms with Crippen LogP contribution in [0.15, 0.2) is 24.3 Å². The fourth-order valence-electron chi connectivity index (χ4n) is 1.91. The fraction of sp³-hybridized carbons (Fsp3) is 0.538. The minimum atomic E-state index is 0.136. The monoisotopic (exact) mass is 366 g/mol. The van der Waals surface area contributed by atoms with E-state index in [2.05, 4.69) is 22.6 Å². The minimum absolute atomic E-state index is 0.136. The van der Waals surface area contributed by atoms with Crippen LogP contribution in [0.25, 0.3) is 0 Å². The van der Waals surface area contributed by atoms with Gasteiger partial charge in [-0.05, 0) is 30.5 Å². The lowest BCUT2D eigenvalue weighted by Crippen LogP contribution is -2.17. The van der Waals surface area contributed by atoms with Crippen molar-refractivity contribution >= 4 is 34.2 Å². The molecule has 1 saturated heterocycles. The molecule has 2 unspecified atom stereocenters. The number of ether oxygens (including phenoxy) is 2. The maximum Gasteiger partial charge on any atom is 0.0915 e. The lowest BCUT2D eigenvalue weighted by atomic mass is 10.1. The maximum absolute atomic E-state index is 5.93. The van der Waals surface area contributed by atoms with Gasteiger partial charge in [-0.3, -0.25) is 0 Å². The average Bonchev–Trinajstić information content (AvgIpc) is 2.85. The van der Waals surface area contributed by atoms with Crippen molar-refractivity contribution in [2.75, 3.05) is 17.6 Å². The van der Waals surface area contributed by atoms with Crippen LogP contribution in [-0.4, -0.2) is 23.7 Å². The zero-order chi connectivity index (χ0) is 12.1. The van der Waals surface area contributed by atoms with Gasteiger partial charge in [-0.25, -0.2) is 0 Å². The van der Waals surface area contributed by atoms with Gasteiger partial charge in [0.1, 0.15) is 0 Å². The topological polar surface area (TPSA) is 18.5 Å². The average molecular weight is 367 g/mol. The highest BCUT2D eigenvalue weighted by Gasteiger charge is 2.18. The Bertz CT molecular complexity index is 336. The lowest BCUT2D eigenvalue weighted by molar-refractivity contribution is -0.0122. The minimum Gasteiger partial charge on any atom is -0.376 e. The van der Waals surface area contributed by atoms with Crippen LogP contribution in [0, 0.1) is 0 Å². The van der Waals surface area contributed by atoms with Gasteiger partial charge in [-0.1, -0.05) is 46.3 Å². The molecule has 1 aromatic rings. The molecular weight excluding hydrogens is 350 g/mol. The third-order valence-electron chi connectivity index (χ3n) is 2.89. The summed E-state index contributed by atoms with van der Waals surface area (Å²) in [6.07, 6.45) is 2.70. The Morgan fingerprint density at radius 1 is 1.41 bits per heavy atom. The molecular formula is C13H16ClIO2. The largest absolute Gasteiger partial charge is 0.376 e. The van der Waals surface area contributed by atoms with E-state index in [9.17, 15) is 0 Å². The van der Waals surface area contributed by atoms with E-state index in [0.717, 1.165) is 28.9 Å². The summed E-state index contributed by atoms with van der Waals surface area (Å²) >= 11 is 8.23. The Morgan fingerprint density at radius 2 is 2.18 bits per heavy atom. The molecule has 0 saturated carbocycles. The summed E-state index contributed by atoms with van der Waals surface area (Å²) in [5.41, 5.74) is 1.18. The van der Waals surface area contributed by atoms with Crippen molar-refractivity contribution in [3.8, 4) is 0 Å². The van der Waals surface area contributed by atoms with E-state index >= 15 is 0 Å². The van der Waals surface area contributed by atoms with Crippen molar-refractivity contribution in [2.45, 2.75) is 25.0 Å². The summed E-state index contributed by atoms with van der Waals surface area (Å²) in [5.74, 6) is 0. The zero-order valence-electron chi connectivity index (χ0n) is 9.57. The van der Waals surface area contributed by atoms with Gasteiger partial charge in [0.2, 0.25) is 0 Å². The molecule has 2 rings (SSSR count). The van der Waals surface area contributed by atoms with Crippen LogP contribution in [-0.2, 0) is 9.47 Å². The molecule has 0 bridgehead atoms. The summed E-state index contributed by atoms with van der Waals surface area (Å²) in [6, 6.07) is 7.87. The summed E-state index contributed by atoms with van der Waals surface area (Å²) in [6.45, 7) is 1.57. The fourth-order valence-corrected chi connectivity index (χ4v) is 2.80. The summed E-state index contributed by atoms with van der Waals surface area (Å²) in [4.78, 5) is 0. The lowest BCUT2D eigenvalue weighted by Gasteiger charge is -2.18. The molecule has 0 aromatic heterocycles. The highest BCUT2D eigenvalue weighted by molar-refractivity contribution is 14.1. The van der Waals surface area contributed by atoms with E-state index < -0.39 is 0 Å². The summed E-state index contributed by atoms with van der Waals surface area (Å²) in [5, 5.41) is 0.764. The number of benzene rings is 1. The van der Waals surface area contributed by atoms with E-state index in [-0.39, 0.29) is 12.2 Å². The van der Waals surface area contributed by atoms with Gasteiger partial charge in [0.25, 0.3) is 0 Å². The van der Waals surface area contributed by atoms with Gasteiger partial charge >= 0.3 is 0 Å². The van der Waals surface area contributed by atoms with E-state index in [0.29, 0.717) is 6.61 Å². The van der Waals surface area contributed by atoms with Crippen molar-refractivity contribution in [3.63, 3.8) is 0 Å². The molecule has 2 atom stereocenters. The van der Waals surface area contributed by atoms with Gasteiger partial charge < -0.3 is 9.47 Å². The number of hydrogen-bond donors (Lipinski definition) is 0. The van der Waals surface area contributed by atoms with E-state index in [1.807, 2.05) is 24.3 Å². The predicted octanol–water partition coefficient (Wildman–Crippen LogP) is 4.01. The first-order valence-corrected chi connectivity index (χ1v) is 7.74. The Hall–Kier alpha value is 0.160. The van der Waals surface area contributed by atoms with Crippen molar-refractivity contribution in [1.82, 2.24) is 0 Å². The maximum atomic E-state index is 5.93. The smallest absolute Gasteiger partial charge is 0.0915 e. The standard InChI is InChI=1S/C13H16ClIO2/c14-11-5-3-10(4-6-11)13(8-15)17-9-12-2-1-7-16-12/h3-6,12-13H,1-2,7-9H2. The molecule has 1 heterocycles. The van der Waals surface area contributed by atoms with Crippen LogP contribution in [0.1, 0.15) is 24.5 Å². The predicted molar refractivity (Wildman–Crippen MR) is 78.0 cm³/mol. The Morgan fingerprint density at radius 3 is 2.76 bits per heavy atom. The Labute approximate surface area is 121 Å². The quantitative estimate of drug-likeness (QED) is 0.579. The van der Waals surface area contributed by atoms with Crippen LogP contribution in [0.5, 0.6) is 0 Å². The summed E-state index contributed by atoms with van der Waals surface area (Å²) in [7, 11) is 0. The summed E-state index contributed by atoms with van der Waals surface area (Å²) < 4.78 is 12.4. The van der Waals surface area contributed by atoms with E-state index in [1.165, 1.54) is 5.56 Å². The molecule has 1 aliphatic rings. The van der Waals surface area contributed by atoms with Gasteiger partial charge in [-0.2, -0.15) is 0 Å². The molecule has 2 nitrogen and oxygen atoms in total. The molecule has 17 heavy (non-hydrogen) atoms. The van der Waals surface area contributed by atoms with Crippen LogP contribution in [0.2, 0.25) is 5.02 Å². The molecule has 0 N–H and O–H groups in total. The number of rotatable bonds is 5. The van der Waals surface area contributed by atoms with Crippen LogP contribution >= 0.6 is 34.2 Å². The van der Waals surface area contributed by atoms with Crippen LogP contribution in [0.4, 0.5) is 0 Å². The van der Waals surface area contributed by atoms with Gasteiger partial charge in [0, 0.05) is 16.1 Å². The van der Waals surface area contributed by atoms with Crippen molar-refractivity contribution in [1.29, 1.82) is 0 Å². The Kier molecular flexibility index (Phi) is 5.53. The number of halogens is 2. The van der Waals surface area contributed by atoms with Gasteiger partial charge in [0.15, 0.2) is 0 Å². The number of alkyl halides is 1. The zero-order valence-corrected chi connectivity index (χ0v) is 12.5. The second-order valence-corrected chi connectivity index (χ2v) is 5.48. The molecule has 1 aliphatic heterocycles. The molecule has 1 aromatic carbocycles. The molecule has 94 valence electrons. The SMILES string of the molecule is Clc1ccc(C(CI)OCC2CCCO2)cc1. The second-order valence-electron chi connectivity index (χ2n) is 4.16. The third-order valence-corrected chi connectivity index (χ3v) is 3.94. The molecule has 0 amide bonds. The van der Waals surface area contributed by atoms with Crippen molar-refractivity contribution in [3.05, 3.63) is 34.9 Å². The Balaban J connectivity index is 1.89. The van der Waals surface area contributed by atoms with Crippen molar-refractivity contribution in [2.24, 2.45) is 0 Å². The number of hydrogen-bond acceptors (Lipinski definition) is 2. The van der Waals surface area contributed by atoms with E-state index in [1.54, 1.807) is 0 Å². The van der Waals surface area contributed by atoms with Gasteiger partial charge in [-0.15, -0.1) is 0 Å². The van der Waals surface area contributed by atoms with Gasteiger partial charge in [0.05, 0.1) is 18.8 Å². The molecule has 0 spiro atoms. The first-order chi connectivity index (χ1) is 8.29. The van der Waals surface area contributed by atoms with Crippen LogP contribution in [0.3, 0.4) is 0 Å². The van der Waals surface area contributed by atoms with Crippen molar-refractivity contribution < 1.29 is 9.47 Å². The highest BCUT2D eigenvalue weighted by Crippen LogP contribution is 2.23. The first kappa shape index (κ1) is 13.6. The molecule has 1 fully saturated rings. The molecule has 0 radical (unpaired) electrons. The molecule has 4 heteroatoms. The van der Waals surface area contributed by atoms with Crippen LogP contribution < -0.4 is 0 Å². The third kappa shape index (κ3) is 4.09. The molecule has 0 aliphatic carbocycles. The first-order valence-electron chi connectivity index (χ1n) is 5.84. The van der Waals surface area contributed by atoms with E-state index in [4.69, 9.17) is 21.1 Å².